The number of benzene rings is 2. The van der Waals surface area contributed by atoms with Gasteiger partial charge in [0.2, 0.25) is 0 Å². The molecule has 0 aliphatic carbocycles. The van der Waals surface area contributed by atoms with Gasteiger partial charge in [0, 0.05) is 52.8 Å². The number of nitrogens with one attached hydrogen (secondary N) is 2. The van der Waals surface area contributed by atoms with Gasteiger partial charge in [0.15, 0.2) is 5.13 Å². The van der Waals surface area contributed by atoms with E-state index < -0.39 is 10.0 Å². The van der Waals surface area contributed by atoms with E-state index in [1.807, 2.05) is 36.4 Å². The average Bonchev–Trinajstić information content (AvgIpc) is 3.36. The van der Waals surface area contributed by atoms with Crippen molar-refractivity contribution in [2.24, 2.45) is 0 Å². The third-order valence-corrected chi connectivity index (χ3v) is 8.17. The summed E-state index contributed by atoms with van der Waals surface area (Å²) in [5.74, 6) is 1.01. The number of hydrogen-bond donors (Lipinski definition) is 2. The molecule has 0 atom stereocenters. The number of methoxy groups -OCH3 is 1. The van der Waals surface area contributed by atoms with Crippen molar-refractivity contribution in [2.45, 2.75) is 11.4 Å². The summed E-state index contributed by atoms with van der Waals surface area (Å²) in [4.78, 5) is 17.3. The van der Waals surface area contributed by atoms with Gasteiger partial charge in [-0.3, -0.25) is 9.62 Å². The first-order valence-electron chi connectivity index (χ1n) is 11.7. The molecule has 4 aromatic rings. The Labute approximate surface area is 223 Å². The van der Waals surface area contributed by atoms with Gasteiger partial charge in [0.1, 0.15) is 17.9 Å². The van der Waals surface area contributed by atoms with Crippen molar-refractivity contribution in [3.8, 4) is 5.75 Å². The highest BCUT2D eigenvalue weighted by atomic mass is 32.2. The van der Waals surface area contributed by atoms with Crippen molar-refractivity contribution in [2.75, 3.05) is 48.2 Å². The smallest absolute Gasteiger partial charge is 0.263 e. The highest BCUT2D eigenvalue weighted by Crippen LogP contribution is 2.29. The fourth-order valence-electron chi connectivity index (χ4n) is 4.08. The summed E-state index contributed by atoms with van der Waals surface area (Å²) < 4.78 is 33.1. The van der Waals surface area contributed by atoms with Crippen LogP contribution in [0.4, 0.5) is 22.3 Å². The topological polar surface area (TPSA) is 113 Å². The molecule has 1 aliphatic heterocycles. The fourth-order valence-corrected chi connectivity index (χ4v) is 5.80. The summed E-state index contributed by atoms with van der Waals surface area (Å²) in [7, 11) is -2.06. The van der Waals surface area contributed by atoms with Crippen molar-refractivity contribution in [3.63, 3.8) is 0 Å². The van der Waals surface area contributed by atoms with Crippen LogP contribution in [0.25, 0.3) is 0 Å². The van der Waals surface area contributed by atoms with Crippen LogP contribution >= 0.6 is 11.3 Å². The number of sulfonamides is 1. The fraction of sp³-hybridized carbons (Fsp3) is 0.240. The summed E-state index contributed by atoms with van der Waals surface area (Å²) in [5, 5.41) is 6.26. The lowest BCUT2D eigenvalue weighted by atomic mass is 10.2. The molecule has 37 heavy (non-hydrogen) atoms. The molecule has 2 aromatic carbocycles. The van der Waals surface area contributed by atoms with Crippen molar-refractivity contribution in [1.82, 2.24) is 19.9 Å². The molecule has 1 aliphatic rings. The van der Waals surface area contributed by atoms with E-state index in [1.165, 1.54) is 18.6 Å². The summed E-state index contributed by atoms with van der Waals surface area (Å²) in [5.41, 5.74) is 2.92. The van der Waals surface area contributed by atoms with Crippen molar-refractivity contribution in [1.29, 1.82) is 0 Å². The lowest BCUT2D eigenvalue weighted by Gasteiger charge is -2.35. The van der Waals surface area contributed by atoms with E-state index >= 15 is 0 Å². The van der Waals surface area contributed by atoms with Crippen molar-refractivity contribution < 1.29 is 16.0 Å². The number of piperazine rings is 1. The number of ether oxygens (including phenoxy) is 1. The number of thiazole rings is 1. The van der Waals surface area contributed by atoms with E-state index in [0.717, 1.165) is 60.7 Å². The number of aromatic nitrogens is 3. The predicted molar refractivity (Wildman–Crippen MR) is 149 cm³/mol. The first kappa shape index (κ1) is 24.9. The predicted octanol–water partition coefficient (Wildman–Crippen LogP) is 4.30. The third-order valence-electron chi connectivity index (χ3n) is 5.99. The van der Waals surface area contributed by atoms with E-state index in [2.05, 4.69) is 35.2 Å². The molecule has 0 spiro atoms. The molecule has 0 radical (unpaired) electrons. The molecular formula is C25H31N7O3S2. The lowest BCUT2D eigenvalue weighted by Crippen LogP contribution is -2.46. The Bertz CT molecular complexity index is 1430. The number of hydrogen-bond acceptors (Lipinski definition) is 10. The quantitative estimate of drug-likeness (QED) is 0.320. The first-order valence-corrected chi connectivity index (χ1v) is 14.1. The van der Waals surface area contributed by atoms with Crippen LogP contribution in [0.1, 0.15) is 8.55 Å². The van der Waals surface area contributed by atoms with E-state index in [-0.39, 0.29) is 13.6 Å². The van der Waals surface area contributed by atoms with Crippen LogP contribution in [0, 0.1) is 0 Å². The summed E-state index contributed by atoms with van der Waals surface area (Å²) >= 11 is 1.58. The summed E-state index contributed by atoms with van der Waals surface area (Å²) in [6, 6.07) is 16.2. The second kappa shape index (κ2) is 11.1. The van der Waals surface area contributed by atoms with E-state index in [9.17, 15) is 8.42 Å². The molecule has 5 rings (SSSR count). The molecule has 0 bridgehead atoms. The molecular weight excluding hydrogens is 510 g/mol. The van der Waals surface area contributed by atoms with E-state index in [0.29, 0.717) is 0 Å². The van der Waals surface area contributed by atoms with Gasteiger partial charge in [-0.25, -0.2) is 23.4 Å². The largest absolute Gasteiger partial charge is 0.495 e. The standard InChI is InChI=1S/C25H27N7O3S2.2H2/c1-35-23-5-3-2-4-22(23)29-25-28-19(17-36-25)16-31-12-14-32(15-13-31)20-6-8-21(9-7-20)37(33,34)30-24-10-11-26-18-27-24;;/h2-11,17-18H,12-16H2,1H3,(H,28,29)(H,26,27,30);2*1H. The second-order valence-corrected chi connectivity index (χ2v) is 11.0. The minimum atomic E-state index is -3.71. The molecule has 1 saturated heterocycles. The lowest BCUT2D eigenvalue weighted by molar-refractivity contribution is 0.247. The molecule has 0 saturated carbocycles. The maximum atomic E-state index is 12.6. The molecule has 3 heterocycles. The van der Waals surface area contributed by atoms with Gasteiger partial charge < -0.3 is 15.0 Å². The zero-order chi connectivity index (χ0) is 25.7. The second-order valence-electron chi connectivity index (χ2n) is 8.43. The van der Waals surface area contributed by atoms with Crippen molar-refractivity contribution in [3.05, 3.63) is 78.2 Å². The van der Waals surface area contributed by atoms with E-state index in [1.54, 1.807) is 30.6 Å². The Morgan fingerprint density at radius 2 is 1.84 bits per heavy atom. The van der Waals surface area contributed by atoms with Gasteiger partial charge in [0.25, 0.3) is 10.0 Å². The highest BCUT2D eigenvalue weighted by Gasteiger charge is 2.20. The Balaban J connectivity index is 0.00000210. The van der Waals surface area contributed by atoms with Crippen LogP contribution in [0.3, 0.4) is 0 Å². The minimum Gasteiger partial charge on any atom is -0.495 e. The number of nitrogens with zero attached hydrogens (tertiary/aromatic N) is 5. The molecule has 196 valence electrons. The monoisotopic (exact) mass is 541 g/mol. The molecule has 1 fully saturated rings. The molecule has 12 heteroatoms. The maximum absolute atomic E-state index is 12.6. The van der Waals surface area contributed by atoms with Crippen molar-refractivity contribution >= 4 is 43.7 Å². The maximum Gasteiger partial charge on any atom is 0.263 e. The minimum absolute atomic E-state index is 0. The molecule has 0 unspecified atom stereocenters. The van der Waals surface area contributed by atoms with Gasteiger partial charge >= 0.3 is 0 Å². The van der Waals surface area contributed by atoms with Gasteiger partial charge in [-0.15, -0.1) is 11.3 Å². The zero-order valence-corrected chi connectivity index (χ0v) is 21.9. The van der Waals surface area contributed by atoms with Crippen LogP contribution in [0.5, 0.6) is 5.75 Å². The molecule has 2 aromatic heterocycles. The van der Waals surface area contributed by atoms with Gasteiger partial charge in [0.05, 0.1) is 23.4 Å². The van der Waals surface area contributed by atoms with Gasteiger partial charge in [-0.2, -0.15) is 0 Å². The Morgan fingerprint density at radius 3 is 2.57 bits per heavy atom. The third kappa shape index (κ3) is 6.16. The van der Waals surface area contributed by atoms with Gasteiger partial charge in [-0.1, -0.05) is 12.1 Å². The number of rotatable bonds is 9. The van der Waals surface area contributed by atoms with Crippen LogP contribution < -0.4 is 19.7 Å². The Hall–Kier alpha value is -3.74. The average molecular weight is 542 g/mol. The van der Waals surface area contributed by atoms with Crippen LogP contribution in [0.2, 0.25) is 0 Å². The van der Waals surface area contributed by atoms with Crippen LogP contribution in [-0.2, 0) is 16.6 Å². The first-order chi connectivity index (χ1) is 18.0. The molecule has 10 nitrogen and oxygen atoms in total. The molecule has 2 N–H and O–H groups in total. The zero-order valence-electron chi connectivity index (χ0n) is 20.2. The van der Waals surface area contributed by atoms with Gasteiger partial charge in [-0.05, 0) is 42.5 Å². The Kier molecular flexibility index (Phi) is 7.49. The summed E-state index contributed by atoms with van der Waals surface area (Å²) in [6.07, 6.45) is 2.78. The van der Waals surface area contributed by atoms with Crippen LogP contribution in [-0.4, -0.2) is 61.6 Å². The normalized spacial score (nSPS) is 14.4. The molecule has 0 amide bonds. The van der Waals surface area contributed by atoms with Crippen LogP contribution in [0.15, 0.2) is 77.4 Å². The SMILES string of the molecule is COc1ccccc1Nc1nc(CN2CCN(c3ccc(S(=O)(=O)Nc4ccncn4)cc3)CC2)cs1.[HH].[HH]. The highest BCUT2D eigenvalue weighted by molar-refractivity contribution is 7.92. The summed E-state index contributed by atoms with van der Waals surface area (Å²) in [6.45, 7) is 4.26. The Morgan fingerprint density at radius 1 is 1.05 bits per heavy atom. The number of para-hydroxylation sites is 2. The van der Waals surface area contributed by atoms with E-state index in [4.69, 9.17) is 9.72 Å². The number of anilines is 4.